The van der Waals surface area contributed by atoms with Crippen LogP contribution in [0.3, 0.4) is 0 Å². The van der Waals surface area contributed by atoms with E-state index in [2.05, 4.69) is 4.90 Å². The topological polar surface area (TPSA) is 93.6 Å². The van der Waals surface area contributed by atoms with E-state index in [9.17, 15) is 19.5 Å². The van der Waals surface area contributed by atoms with E-state index < -0.39 is 22.6 Å². The quantitative estimate of drug-likeness (QED) is 0.511. The van der Waals surface area contributed by atoms with Crippen LogP contribution in [0.15, 0.2) is 24.3 Å². The molecule has 0 aliphatic carbocycles. The summed E-state index contributed by atoms with van der Waals surface area (Å²) >= 11 is 1.57. The molecule has 1 N–H and O–H groups in total. The van der Waals surface area contributed by atoms with Gasteiger partial charge in [-0.25, -0.2) is 0 Å². The van der Waals surface area contributed by atoms with Crippen molar-refractivity contribution in [3.05, 3.63) is 24.3 Å². The van der Waals surface area contributed by atoms with Crippen LogP contribution in [-0.2, 0) is 19.1 Å². The molecule has 1 unspecified atom stereocenters. The minimum Gasteiger partial charge on any atom is -0.395 e. The lowest BCUT2D eigenvalue weighted by Gasteiger charge is -2.36. The number of hydrogen-bond donors (Lipinski definition) is 1. The SMILES string of the molecule is CN1CC=C[C@H]2S[C@]34C=CCN(CCN5CCOCC5)C(=O)C3N(CCO)C(=O)[C@@H]4[C@H]2C1=O. The van der Waals surface area contributed by atoms with Crippen molar-refractivity contribution < 1.29 is 24.2 Å². The summed E-state index contributed by atoms with van der Waals surface area (Å²) in [7, 11) is 1.76. The van der Waals surface area contributed by atoms with E-state index >= 15 is 0 Å². The van der Waals surface area contributed by atoms with Crippen molar-refractivity contribution in [2.75, 3.05) is 72.7 Å². The maximum absolute atomic E-state index is 13.9. The first-order valence-corrected chi connectivity index (χ1v) is 12.6. The fraction of sp³-hybridized carbons (Fsp3) is 0.696. The highest BCUT2D eigenvalue weighted by molar-refractivity contribution is 8.02. The van der Waals surface area contributed by atoms with Gasteiger partial charge in [0.05, 0.1) is 36.4 Å². The molecule has 0 aromatic rings. The zero-order valence-corrected chi connectivity index (χ0v) is 19.8. The molecule has 5 aliphatic rings. The number of likely N-dealkylation sites (N-methyl/N-ethyl adjacent to an activating group) is 1. The maximum Gasteiger partial charge on any atom is 0.247 e. The van der Waals surface area contributed by atoms with Gasteiger partial charge in [0.15, 0.2) is 0 Å². The molecule has 0 aromatic heterocycles. The first-order chi connectivity index (χ1) is 16.0. The number of likely N-dealkylation sites (tertiary alicyclic amines) is 1. The minimum absolute atomic E-state index is 0.0495. The van der Waals surface area contributed by atoms with Gasteiger partial charge in [-0.1, -0.05) is 24.3 Å². The van der Waals surface area contributed by atoms with Crippen LogP contribution in [0.4, 0.5) is 0 Å². The largest absolute Gasteiger partial charge is 0.395 e. The number of morpholine rings is 1. The van der Waals surface area contributed by atoms with Crippen molar-refractivity contribution in [2.24, 2.45) is 11.8 Å². The molecule has 180 valence electrons. The van der Waals surface area contributed by atoms with E-state index in [1.807, 2.05) is 29.2 Å². The number of amides is 3. The van der Waals surface area contributed by atoms with E-state index in [-0.39, 0.29) is 36.1 Å². The zero-order chi connectivity index (χ0) is 23.2. The minimum atomic E-state index is -0.801. The average Bonchev–Trinajstić information content (AvgIpc) is 3.13. The second kappa shape index (κ2) is 9.05. The average molecular weight is 477 g/mol. The zero-order valence-electron chi connectivity index (χ0n) is 19.0. The van der Waals surface area contributed by atoms with Crippen LogP contribution in [0, 0.1) is 11.8 Å². The summed E-state index contributed by atoms with van der Waals surface area (Å²) in [5.74, 6) is -1.45. The van der Waals surface area contributed by atoms with Crippen molar-refractivity contribution >= 4 is 29.5 Å². The third-order valence-electron chi connectivity index (χ3n) is 7.57. The van der Waals surface area contributed by atoms with Crippen molar-refractivity contribution in [2.45, 2.75) is 16.0 Å². The lowest BCUT2D eigenvalue weighted by Crippen LogP contribution is -2.54. The molecule has 5 rings (SSSR count). The molecule has 33 heavy (non-hydrogen) atoms. The number of carbonyl (C=O) groups is 3. The molecule has 0 aromatic carbocycles. The van der Waals surface area contributed by atoms with Gasteiger partial charge in [0.2, 0.25) is 17.7 Å². The standard InChI is InChI=1S/C23H32N4O5S/c1-24-6-2-4-16-17(20(24)29)18-21(30)27(10-13-28)19-22(31)26(7-3-5-23(18,19)33-16)9-8-25-11-14-32-15-12-25/h2-5,16-19,28H,6-15H2,1H3/t16-,17+,18+,19?,23+/m1/s1. The van der Waals surface area contributed by atoms with Crippen molar-refractivity contribution in [3.63, 3.8) is 0 Å². The van der Waals surface area contributed by atoms with Gasteiger partial charge < -0.3 is 24.5 Å². The molecule has 1 spiro atoms. The van der Waals surface area contributed by atoms with Gasteiger partial charge in [0, 0.05) is 58.1 Å². The van der Waals surface area contributed by atoms with E-state index in [4.69, 9.17) is 4.74 Å². The Labute approximate surface area is 198 Å². The predicted molar refractivity (Wildman–Crippen MR) is 123 cm³/mol. The molecular formula is C23H32N4O5S. The first kappa shape index (κ1) is 22.9. The lowest BCUT2D eigenvalue weighted by atomic mass is 9.78. The van der Waals surface area contributed by atoms with Gasteiger partial charge in [-0.05, 0) is 0 Å². The molecule has 0 bridgehead atoms. The summed E-state index contributed by atoms with van der Waals surface area (Å²) in [6.07, 6.45) is 8.03. The monoisotopic (exact) mass is 476 g/mol. The molecule has 5 atom stereocenters. The lowest BCUT2D eigenvalue weighted by molar-refractivity contribution is -0.144. The maximum atomic E-state index is 13.9. The Morgan fingerprint density at radius 3 is 2.61 bits per heavy atom. The number of nitrogens with zero attached hydrogens (tertiary/aromatic N) is 4. The number of carbonyl (C=O) groups excluding carboxylic acids is 3. The molecule has 3 saturated heterocycles. The number of fused-ring (bicyclic) bond motifs is 2. The fourth-order valence-corrected chi connectivity index (χ4v) is 7.95. The second-order valence-corrected chi connectivity index (χ2v) is 10.9. The van der Waals surface area contributed by atoms with Gasteiger partial charge in [0.1, 0.15) is 6.04 Å². The van der Waals surface area contributed by atoms with Gasteiger partial charge in [-0.15, -0.1) is 11.8 Å². The summed E-state index contributed by atoms with van der Waals surface area (Å²) in [5, 5.41) is 9.57. The van der Waals surface area contributed by atoms with Crippen LogP contribution in [-0.4, -0.2) is 131 Å². The van der Waals surface area contributed by atoms with Gasteiger partial charge >= 0.3 is 0 Å². The molecule has 9 nitrogen and oxygen atoms in total. The molecule has 3 amide bonds. The molecule has 3 fully saturated rings. The Morgan fingerprint density at radius 1 is 1.06 bits per heavy atom. The number of hydrogen-bond acceptors (Lipinski definition) is 7. The number of ether oxygens (including phenoxy) is 1. The van der Waals surface area contributed by atoms with Crippen LogP contribution in [0.25, 0.3) is 0 Å². The Hall–Kier alpha value is -1.88. The molecule has 0 saturated carbocycles. The predicted octanol–water partition coefficient (Wildman–Crippen LogP) is -0.965. The van der Waals surface area contributed by atoms with Crippen LogP contribution >= 0.6 is 11.8 Å². The van der Waals surface area contributed by atoms with E-state index in [0.717, 1.165) is 19.6 Å². The summed E-state index contributed by atoms with van der Waals surface area (Å²) in [6, 6.07) is -0.714. The summed E-state index contributed by atoms with van der Waals surface area (Å²) in [5.41, 5.74) is 0. The highest BCUT2D eigenvalue weighted by Gasteiger charge is 2.70. The Bertz CT molecular complexity index is 875. The molecule has 0 radical (unpaired) electrons. The number of aliphatic hydroxyl groups excluding tert-OH is 1. The second-order valence-electron chi connectivity index (χ2n) is 9.38. The summed E-state index contributed by atoms with van der Waals surface area (Å²) in [6.45, 7) is 5.31. The normalized spacial score (nSPS) is 36.7. The number of rotatable bonds is 5. The van der Waals surface area contributed by atoms with E-state index in [1.54, 1.807) is 23.7 Å². The van der Waals surface area contributed by atoms with Crippen LogP contribution in [0.2, 0.25) is 0 Å². The van der Waals surface area contributed by atoms with Crippen molar-refractivity contribution in [1.29, 1.82) is 0 Å². The number of aliphatic hydroxyl groups is 1. The first-order valence-electron chi connectivity index (χ1n) is 11.8. The van der Waals surface area contributed by atoms with E-state index in [0.29, 0.717) is 32.8 Å². The smallest absolute Gasteiger partial charge is 0.247 e. The molecule has 5 aliphatic heterocycles. The van der Waals surface area contributed by atoms with Gasteiger partial charge in [0.25, 0.3) is 0 Å². The van der Waals surface area contributed by atoms with Gasteiger partial charge in [-0.3, -0.25) is 19.3 Å². The molecule has 5 heterocycles. The van der Waals surface area contributed by atoms with Crippen molar-refractivity contribution in [1.82, 2.24) is 19.6 Å². The Morgan fingerprint density at radius 2 is 1.85 bits per heavy atom. The Kier molecular flexibility index (Phi) is 6.28. The number of β-amino-alcohol motifs (C(OH)–C–C–N with tert-alkyl or cyclic N) is 1. The third kappa shape index (κ3) is 3.71. The highest BCUT2D eigenvalue weighted by Crippen LogP contribution is 2.60. The molecule has 10 heteroatoms. The van der Waals surface area contributed by atoms with Crippen LogP contribution in [0.5, 0.6) is 0 Å². The van der Waals surface area contributed by atoms with Crippen LogP contribution in [0.1, 0.15) is 0 Å². The van der Waals surface area contributed by atoms with E-state index in [1.165, 1.54) is 4.90 Å². The summed E-state index contributed by atoms with van der Waals surface area (Å²) < 4.78 is 4.62. The molecular weight excluding hydrogens is 444 g/mol. The third-order valence-corrected chi connectivity index (χ3v) is 9.32. The van der Waals surface area contributed by atoms with Crippen molar-refractivity contribution in [3.8, 4) is 0 Å². The fourth-order valence-electron chi connectivity index (χ4n) is 5.95. The number of thioether (sulfide) groups is 1. The summed E-state index contributed by atoms with van der Waals surface area (Å²) in [4.78, 5) is 48.2. The highest BCUT2D eigenvalue weighted by atomic mass is 32.2. The Balaban J connectivity index is 1.46. The van der Waals surface area contributed by atoms with Gasteiger partial charge in [-0.2, -0.15) is 0 Å². The van der Waals surface area contributed by atoms with Crippen LogP contribution < -0.4 is 0 Å².